The summed E-state index contributed by atoms with van der Waals surface area (Å²) in [5, 5.41) is 0. The Morgan fingerprint density at radius 2 is 1.43 bits per heavy atom. The third-order valence-electron chi connectivity index (χ3n) is 1.75. The Hall–Kier alpha value is -0.845. The second-order valence-corrected chi connectivity index (χ2v) is 2.70. The summed E-state index contributed by atoms with van der Waals surface area (Å²) in [5.74, 6) is 0. The summed E-state index contributed by atoms with van der Waals surface area (Å²) < 4.78 is 38.4. The highest BCUT2D eigenvalue weighted by Gasteiger charge is 2.44. The quantitative estimate of drug-likeness (QED) is 0.606. The first-order chi connectivity index (χ1) is 6.75. The minimum atomic E-state index is -2.09. The van der Waals surface area contributed by atoms with Gasteiger partial charge in [0, 0.05) is 0 Å². The molecule has 0 atom stereocenters. The summed E-state index contributed by atoms with van der Waals surface area (Å²) in [5.41, 5.74) is 0.543. The van der Waals surface area contributed by atoms with Crippen molar-refractivity contribution in [2.75, 3.05) is 0 Å². The van der Waals surface area contributed by atoms with Gasteiger partial charge in [0.2, 0.25) is 0 Å². The number of benzene rings is 1. The predicted octanol–water partition coefficient (Wildman–Crippen LogP) is 0.354. The molecule has 0 unspecified atom stereocenters. The highest BCUT2D eigenvalue weighted by atomic mass is 19.1. The third kappa shape index (κ3) is 2.15. The molecule has 0 aliphatic carbocycles. The van der Waals surface area contributed by atoms with E-state index in [0.29, 0.717) is 5.46 Å². The van der Waals surface area contributed by atoms with E-state index in [2.05, 4.69) is 13.7 Å². The molecule has 0 bridgehead atoms. The fourth-order valence-electron chi connectivity index (χ4n) is 1.14. The van der Waals surface area contributed by atoms with Crippen LogP contribution in [0.5, 0.6) is 0 Å². The first-order valence-corrected chi connectivity index (χ1v) is 4.05. The highest BCUT2D eigenvalue weighted by Crippen LogP contribution is 2.09. The largest absolute Gasteiger partial charge is 0.654 e. The van der Waals surface area contributed by atoms with Crippen molar-refractivity contribution in [3.05, 3.63) is 30.3 Å². The van der Waals surface area contributed by atoms with Crippen molar-refractivity contribution in [2.45, 2.75) is 0 Å². The molecule has 14 heavy (non-hydrogen) atoms. The van der Waals surface area contributed by atoms with Gasteiger partial charge in [0.25, 0.3) is 0 Å². The first kappa shape index (κ1) is 9.70. The molecule has 1 aliphatic heterocycles. The van der Waals surface area contributed by atoms with Crippen LogP contribution >= 0.6 is 0 Å². The van der Waals surface area contributed by atoms with Crippen molar-refractivity contribution in [3.63, 3.8) is 0 Å². The van der Waals surface area contributed by atoms with E-state index in [9.17, 15) is 8.63 Å². The smallest absolute Gasteiger partial charge is 0.419 e. The van der Waals surface area contributed by atoms with Crippen LogP contribution in [0.4, 0.5) is 8.63 Å². The van der Waals surface area contributed by atoms with Gasteiger partial charge >= 0.3 is 21.9 Å². The maximum absolute atomic E-state index is 12.6. The molecular formula is C6H5B3F2O3. The van der Waals surface area contributed by atoms with Gasteiger partial charge < -0.3 is 13.7 Å². The molecule has 0 radical (unpaired) electrons. The van der Waals surface area contributed by atoms with E-state index in [1.54, 1.807) is 30.3 Å². The third-order valence-corrected chi connectivity index (χ3v) is 1.75. The minimum absolute atomic E-state index is 0.543. The molecule has 1 fully saturated rings. The molecule has 1 aromatic rings. The van der Waals surface area contributed by atoms with E-state index in [-0.39, 0.29) is 0 Å². The normalized spacial score (nSPS) is 17.4. The Labute approximate surface area is 80.9 Å². The lowest BCUT2D eigenvalue weighted by molar-refractivity contribution is 0.225. The summed E-state index contributed by atoms with van der Waals surface area (Å²) in [6, 6.07) is 8.52. The second-order valence-electron chi connectivity index (χ2n) is 2.70. The van der Waals surface area contributed by atoms with Crippen LogP contribution < -0.4 is 5.46 Å². The average Bonchev–Trinajstić information content (AvgIpc) is 2.18. The number of rotatable bonds is 1. The van der Waals surface area contributed by atoms with E-state index in [0.717, 1.165) is 0 Å². The lowest BCUT2D eigenvalue weighted by Gasteiger charge is -2.22. The fraction of sp³-hybridized carbons (Fsp3) is 0. The molecule has 1 heterocycles. The molecule has 1 aromatic carbocycles. The monoisotopic (exact) mass is 196 g/mol. The van der Waals surface area contributed by atoms with Crippen LogP contribution in [0.3, 0.4) is 0 Å². The Balaban J connectivity index is 2.11. The Bertz CT molecular complexity index is 292. The zero-order valence-corrected chi connectivity index (χ0v) is 7.10. The fourth-order valence-corrected chi connectivity index (χ4v) is 1.14. The van der Waals surface area contributed by atoms with Crippen LogP contribution in [-0.2, 0) is 13.7 Å². The Morgan fingerprint density at radius 1 is 0.857 bits per heavy atom. The number of hydrogen-bond acceptors (Lipinski definition) is 3. The molecule has 70 valence electrons. The van der Waals surface area contributed by atoms with Gasteiger partial charge in [0.1, 0.15) is 0 Å². The molecule has 1 saturated heterocycles. The molecule has 3 nitrogen and oxygen atoms in total. The van der Waals surface area contributed by atoms with Gasteiger partial charge in [-0.15, -0.1) is 0 Å². The summed E-state index contributed by atoms with van der Waals surface area (Å²) in [7, 11) is -5.25. The molecule has 1 aliphatic rings. The van der Waals surface area contributed by atoms with Gasteiger partial charge in [-0.1, -0.05) is 30.3 Å². The van der Waals surface area contributed by atoms with Crippen molar-refractivity contribution in [3.8, 4) is 0 Å². The zero-order valence-electron chi connectivity index (χ0n) is 7.10. The highest BCUT2D eigenvalue weighted by molar-refractivity contribution is 6.76. The molecule has 0 spiro atoms. The number of halogens is 2. The topological polar surface area (TPSA) is 27.7 Å². The number of hydrogen-bond donors (Lipinski definition) is 0. The van der Waals surface area contributed by atoms with Crippen LogP contribution in [0.1, 0.15) is 0 Å². The van der Waals surface area contributed by atoms with Crippen LogP contribution in [0.15, 0.2) is 30.3 Å². The maximum atomic E-state index is 12.6. The van der Waals surface area contributed by atoms with Crippen molar-refractivity contribution in [2.24, 2.45) is 0 Å². The second kappa shape index (κ2) is 4.12. The van der Waals surface area contributed by atoms with Crippen molar-refractivity contribution >= 4 is 27.4 Å². The molecule has 0 saturated carbocycles. The molecular weight excluding hydrogens is 190 g/mol. The van der Waals surface area contributed by atoms with Crippen LogP contribution in [0, 0.1) is 0 Å². The molecule has 0 aromatic heterocycles. The summed E-state index contributed by atoms with van der Waals surface area (Å²) in [6.07, 6.45) is 0. The SMILES string of the molecule is FB1OB(F)OB(c2ccccc2)O1. The van der Waals surface area contributed by atoms with Gasteiger partial charge in [-0.2, -0.15) is 0 Å². The zero-order chi connectivity index (χ0) is 9.97. The van der Waals surface area contributed by atoms with E-state index in [1.807, 2.05) is 0 Å². The van der Waals surface area contributed by atoms with Gasteiger partial charge in [-0.3, -0.25) is 8.63 Å². The van der Waals surface area contributed by atoms with E-state index < -0.39 is 21.9 Å². The van der Waals surface area contributed by atoms with Gasteiger partial charge in [0.05, 0.1) is 0 Å². The van der Waals surface area contributed by atoms with Crippen LogP contribution in [0.25, 0.3) is 0 Å². The average molecular weight is 196 g/mol. The summed E-state index contributed by atoms with van der Waals surface area (Å²) in [6.45, 7) is 0. The van der Waals surface area contributed by atoms with Crippen molar-refractivity contribution in [1.29, 1.82) is 0 Å². The van der Waals surface area contributed by atoms with E-state index in [4.69, 9.17) is 0 Å². The molecule has 2 rings (SSSR count). The Kier molecular flexibility index (Phi) is 2.86. The summed E-state index contributed by atoms with van der Waals surface area (Å²) >= 11 is 0. The van der Waals surface area contributed by atoms with Crippen LogP contribution in [-0.4, -0.2) is 21.9 Å². The Morgan fingerprint density at radius 3 is 2.00 bits per heavy atom. The molecule has 8 heteroatoms. The van der Waals surface area contributed by atoms with Crippen molar-refractivity contribution < 1.29 is 22.3 Å². The maximum Gasteiger partial charge on any atom is 0.654 e. The standard InChI is InChI=1S/C6H5B3F2O3/c10-8-12-7(13-9(11)14-8)6-4-2-1-3-5-6/h1-5H. The van der Waals surface area contributed by atoms with Crippen molar-refractivity contribution in [1.82, 2.24) is 0 Å². The lowest BCUT2D eigenvalue weighted by Crippen LogP contribution is -2.51. The summed E-state index contributed by atoms with van der Waals surface area (Å²) in [4.78, 5) is 0. The van der Waals surface area contributed by atoms with E-state index >= 15 is 0 Å². The van der Waals surface area contributed by atoms with Gasteiger partial charge in [0.15, 0.2) is 0 Å². The van der Waals surface area contributed by atoms with Crippen LogP contribution in [0.2, 0.25) is 0 Å². The molecule has 0 N–H and O–H groups in total. The lowest BCUT2D eigenvalue weighted by atomic mass is 9.74. The first-order valence-electron chi connectivity index (χ1n) is 4.05. The predicted molar refractivity (Wildman–Crippen MR) is 48.8 cm³/mol. The van der Waals surface area contributed by atoms with E-state index in [1.165, 1.54) is 0 Å². The minimum Gasteiger partial charge on any atom is -0.419 e. The van der Waals surface area contributed by atoms with Gasteiger partial charge in [-0.25, -0.2) is 0 Å². The molecule has 0 amide bonds. The van der Waals surface area contributed by atoms with Gasteiger partial charge in [-0.05, 0) is 5.46 Å².